The Kier molecular flexibility index (Phi) is 5.13. The average molecular weight is 331 g/mol. The van der Waals surface area contributed by atoms with Crippen molar-refractivity contribution in [1.29, 1.82) is 0 Å². The molecule has 0 radical (unpaired) electrons. The van der Waals surface area contributed by atoms with Gasteiger partial charge in [-0.25, -0.2) is 9.97 Å². The van der Waals surface area contributed by atoms with E-state index in [2.05, 4.69) is 58.3 Å². The molecule has 5 heteroatoms. The van der Waals surface area contributed by atoms with Gasteiger partial charge in [-0.2, -0.15) is 0 Å². The maximum absolute atomic E-state index is 6.42. The summed E-state index contributed by atoms with van der Waals surface area (Å²) in [5.41, 5.74) is 3.48. The summed E-state index contributed by atoms with van der Waals surface area (Å²) < 4.78 is 0. The van der Waals surface area contributed by atoms with Crippen molar-refractivity contribution in [3.8, 4) is 0 Å². The van der Waals surface area contributed by atoms with E-state index < -0.39 is 0 Å². The Morgan fingerprint density at radius 1 is 1.26 bits per heavy atom. The Bertz CT molecular complexity index is 660. The Morgan fingerprint density at radius 2 is 2.04 bits per heavy atom. The highest BCUT2D eigenvalue weighted by Crippen LogP contribution is 2.26. The highest BCUT2D eigenvalue weighted by atomic mass is 35.5. The molecule has 0 saturated carbocycles. The van der Waals surface area contributed by atoms with Crippen molar-refractivity contribution in [3.05, 3.63) is 52.3 Å². The summed E-state index contributed by atoms with van der Waals surface area (Å²) in [4.78, 5) is 11.5. The first kappa shape index (κ1) is 16.2. The second-order valence-electron chi connectivity index (χ2n) is 6.16. The first-order valence-corrected chi connectivity index (χ1v) is 8.61. The van der Waals surface area contributed by atoms with Crippen LogP contribution in [0.15, 0.2) is 30.3 Å². The first-order valence-electron chi connectivity index (χ1n) is 8.23. The molecule has 1 aliphatic rings. The van der Waals surface area contributed by atoms with Gasteiger partial charge in [-0.05, 0) is 18.9 Å². The third-order valence-corrected chi connectivity index (χ3v) is 4.64. The maximum atomic E-state index is 6.42. The van der Waals surface area contributed by atoms with Crippen LogP contribution in [0.3, 0.4) is 0 Å². The summed E-state index contributed by atoms with van der Waals surface area (Å²) in [6.07, 6.45) is 1.95. The zero-order chi connectivity index (χ0) is 16.2. The average Bonchev–Trinajstić information content (AvgIpc) is 2.56. The molecule has 0 unspecified atom stereocenters. The van der Waals surface area contributed by atoms with E-state index >= 15 is 0 Å². The summed E-state index contributed by atoms with van der Waals surface area (Å²) in [6.45, 7) is 7.01. The SMILES string of the molecule is CC[C@H](C)Nc1nc(Cl)c2c(n1)CCN(Cc1ccccc1)C2. The predicted octanol–water partition coefficient (Wildman–Crippen LogP) is 3.90. The zero-order valence-corrected chi connectivity index (χ0v) is 14.5. The summed E-state index contributed by atoms with van der Waals surface area (Å²) in [5.74, 6) is 0.652. The van der Waals surface area contributed by atoms with Crippen LogP contribution in [0, 0.1) is 0 Å². The van der Waals surface area contributed by atoms with Gasteiger partial charge in [0.2, 0.25) is 5.95 Å². The van der Waals surface area contributed by atoms with Crippen LogP contribution in [0.4, 0.5) is 5.95 Å². The van der Waals surface area contributed by atoms with E-state index in [-0.39, 0.29) is 0 Å². The second kappa shape index (κ2) is 7.28. The molecule has 23 heavy (non-hydrogen) atoms. The van der Waals surface area contributed by atoms with Crippen molar-refractivity contribution in [2.75, 3.05) is 11.9 Å². The Labute approximate surface area is 142 Å². The van der Waals surface area contributed by atoms with Crippen molar-refractivity contribution >= 4 is 17.5 Å². The van der Waals surface area contributed by atoms with Crippen molar-refractivity contribution < 1.29 is 0 Å². The molecule has 2 aromatic rings. The molecule has 1 N–H and O–H groups in total. The molecular weight excluding hydrogens is 308 g/mol. The molecular formula is C18H23ClN4. The number of nitrogens with zero attached hydrogens (tertiary/aromatic N) is 3. The molecule has 2 heterocycles. The number of benzene rings is 1. The van der Waals surface area contributed by atoms with Crippen LogP contribution in [-0.2, 0) is 19.5 Å². The smallest absolute Gasteiger partial charge is 0.224 e. The zero-order valence-electron chi connectivity index (χ0n) is 13.7. The minimum atomic E-state index is 0.349. The fourth-order valence-corrected chi connectivity index (χ4v) is 3.04. The van der Waals surface area contributed by atoms with Gasteiger partial charge < -0.3 is 5.32 Å². The summed E-state index contributed by atoms with van der Waals surface area (Å²) >= 11 is 6.42. The molecule has 0 fully saturated rings. The van der Waals surface area contributed by atoms with Gasteiger partial charge in [0.1, 0.15) is 5.15 Å². The fourth-order valence-electron chi connectivity index (χ4n) is 2.79. The maximum Gasteiger partial charge on any atom is 0.224 e. The monoisotopic (exact) mass is 330 g/mol. The molecule has 0 spiro atoms. The number of fused-ring (bicyclic) bond motifs is 1. The van der Waals surface area contributed by atoms with Crippen LogP contribution in [-0.4, -0.2) is 27.5 Å². The van der Waals surface area contributed by atoms with E-state index in [0.717, 1.165) is 43.7 Å². The minimum absolute atomic E-state index is 0.349. The van der Waals surface area contributed by atoms with Gasteiger partial charge in [-0.15, -0.1) is 0 Å². The molecule has 122 valence electrons. The molecule has 3 rings (SSSR count). The van der Waals surface area contributed by atoms with Gasteiger partial charge in [0.15, 0.2) is 0 Å². The van der Waals surface area contributed by atoms with Crippen LogP contribution in [0.2, 0.25) is 5.15 Å². The number of nitrogens with one attached hydrogen (secondary N) is 1. The van der Waals surface area contributed by atoms with Gasteiger partial charge in [-0.1, -0.05) is 48.9 Å². The Balaban J connectivity index is 1.73. The quantitative estimate of drug-likeness (QED) is 0.844. The van der Waals surface area contributed by atoms with Gasteiger partial charge in [-0.3, -0.25) is 4.90 Å². The largest absolute Gasteiger partial charge is 0.352 e. The molecule has 1 aromatic heterocycles. The molecule has 0 bridgehead atoms. The van der Waals surface area contributed by atoms with Gasteiger partial charge >= 0.3 is 0 Å². The second-order valence-corrected chi connectivity index (χ2v) is 6.52. The van der Waals surface area contributed by atoms with Crippen LogP contribution < -0.4 is 5.32 Å². The molecule has 4 nitrogen and oxygen atoms in total. The van der Waals surface area contributed by atoms with Gasteiger partial charge in [0.25, 0.3) is 0 Å². The van der Waals surface area contributed by atoms with Crippen molar-refractivity contribution in [2.24, 2.45) is 0 Å². The van der Waals surface area contributed by atoms with E-state index in [4.69, 9.17) is 11.6 Å². The van der Waals surface area contributed by atoms with E-state index in [1.165, 1.54) is 5.56 Å². The van der Waals surface area contributed by atoms with E-state index in [0.29, 0.717) is 17.1 Å². The lowest BCUT2D eigenvalue weighted by molar-refractivity contribution is 0.243. The summed E-state index contributed by atoms with van der Waals surface area (Å²) in [7, 11) is 0. The number of aromatic nitrogens is 2. The van der Waals surface area contributed by atoms with Crippen LogP contribution in [0.1, 0.15) is 37.1 Å². The lowest BCUT2D eigenvalue weighted by Crippen LogP contribution is -2.31. The molecule has 1 aromatic carbocycles. The number of rotatable bonds is 5. The molecule has 1 aliphatic heterocycles. The van der Waals surface area contributed by atoms with Crippen LogP contribution in [0.25, 0.3) is 0 Å². The highest BCUT2D eigenvalue weighted by molar-refractivity contribution is 6.30. The Morgan fingerprint density at radius 3 is 2.78 bits per heavy atom. The van der Waals surface area contributed by atoms with E-state index in [9.17, 15) is 0 Å². The number of anilines is 1. The fraction of sp³-hybridized carbons (Fsp3) is 0.444. The topological polar surface area (TPSA) is 41.1 Å². The third-order valence-electron chi connectivity index (χ3n) is 4.33. The standard InChI is InChI=1S/C18H23ClN4/c1-3-13(2)20-18-21-16-9-10-23(12-15(16)17(19)22-18)11-14-7-5-4-6-8-14/h4-8,13H,3,9-12H2,1-2H3,(H,20,21,22)/t13-/m0/s1. The van der Waals surface area contributed by atoms with Crippen molar-refractivity contribution in [1.82, 2.24) is 14.9 Å². The normalized spacial score (nSPS) is 16.0. The van der Waals surface area contributed by atoms with Crippen LogP contribution >= 0.6 is 11.6 Å². The molecule has 0 saturated heterocycles. The third kappa shape index (κ3) is 4.01. The molecule has 0 amide bonds. The van der Waals surface area contributed by atoms with Crippen molar-refractivity contribution in [3.63, 3.8) is 0 Å². The molecule has 1 atom stereocenters. The van der Waals surface area contributed by atoms with Gasteiger partial charge in [0, 0.05) is 37.7 Å². The minimum Gasteiger partial charge on any atom is -0.352 e. The number of hydrogen-bond acceptors (Lipinski definition) is 4. The molecule has 0 aliphatic carbocycles. The van der Waals surface area contributed by atoms with E-state index in [1.807, 2.05) is 6.07 Å². The lowest BCUT2D eigenvalue weighted by atomic mass is 10.1. The number of hydrogen-bond donors (Lipinski definition) is 1. The predicted molar refractivity (Wildman–Crippen MR) is 94.7 cm³/mol. The highest BCUT2D eigenvalue weighted by Gasteiger charge is 2.22. The summed E-state index contributed by atoms with van der Waals surface area (Å²) in [6, 6.07) is 10.9. The number of halogens is 1. The van der Waals surface area contributed by atoms with E-state index in [1.54, 1.807) is 0 Å². The Hall–Kier alpha value is -1.65. The van der Waals surface area contributed by atoms with Gasteiger partial charge in [0.05, 0.1) is 5.69 Å². The first-order chi connectivity index (χ1) is 11.2. The lowest BCUT2D eigenvalue weighted by Gasteiger charge is -2.29. The summed E-state index contributed by atoms with van der Waals surface area (Å²) in [5, 5.41) is 3.90. The van der Waals surface area contributed by atoms with Crippen LogP contribution in [0.5, 0.6) is 0 Å². The van der Waals surface area contributed by atoms with Crippen molar-refractivity contribution in [2.45, 2.75) is 45.8 Å².